The van der Waals surface area contributed by atoms with E-state index in [9.17, 15) is 5.11 Å². The van der Waals surface area contributed by atoms with Crippen LogP contribution in [0.15, 0.2) is 6.07 Å². The Morgan fingerprint density at radius 2 is 1.96 bits per heavy atom. The maximum Gasteiger partial charge on any atom is 0.221 e. The lowest BCUT2D eigenvalue weighted by atomic mass is 9.64. The number of fused-ring (bicyclic) bond motifs is 3. The minimum Gasteiger partial charge on any atom is -0.507 e. The van der Waals surface area contributed by atoms with Crippen molar-refractivity contribution in [2.24, 2.45) is 11.8 Å². The molecule has 0 unspecified atom stereocenters. The summed E-state index contributed by atoms with van der Waals surface area (Å²) in [5.74, 6) is 2.61. The van der Waals surface area contributed by atoms with E-state index in [1.807, 2.05) is 6.07 Å². The van der Waals surface area contributed by atoms with Gasteiger partial charge in [-0.15, -0.1) is 0 Å². The number of pyridine rings is 1. The molecule has 3 heteroatoms. The molecule has 0 saturated heterocycles. The van der Waals surface area contributed by atoms with Gasteiger partial charge in [0.05, 0.1) is 11.3 Å². The molecule has 1 aromatic heterocycles. The number of hydrogen-bond acceptors (Lipinski definition) is 3. The van der Waals surface area contributed by atoms with Gasteiger partial charge in [-0.1, -0.05) is 59.8 Å². The minimum absolute atomic E-state index is 0.0511. The van der Waals surface area contributed by atoms with Crippen LogP contribution in [-0.2, 0) is 5.41 Å². The van der Waals surface area contributed by atoms with Gasteiger partial charge in [-0.2, -0.15) is 0 Å². The predicted octanol–water partition coefficient (Wildman–Crippen LogP) is 6.73. The molecule has 27 heavy (non-hydrogen) atoms. The molecule has 3 nitrogen and oxygen atoms in total. The largest absolute Gasteiger partial charge is 0.507 e. The van der Waals surface area contributed by atoms with Crippen LogP contribution in [0.4, 0.5) is 0 Å². The highest BCUT2D eigenvalue weighted by Gasteiger charge is 2.48. The van der Waals surface area contributed by atoms with Crippen molar-refractivity contribution in [2.75, 3.05) is 0 Å². The van der Waals surface area contributed by atoms with Gasteiger partial charge in [0, 0.05) is 17.4 Å². The molecule has 2 aliphatic rings. The standard InChI is InChI=1S/C24H39NO2/c1-7-8-9-10-13-23(3,4)20-15-19(26)21-17-14-16(2)11-12-18(17)24(5,6)27-22(21)25-20/h15-18H,7-14H2,1-6H3,(H,25,26)/t16-,17-,18+/m0/s1. The Labute approximate surface area is 165 Å². The summed E-state index contributed by atoms with van der Waals surface area (Å²) >= 11 is 0. The second-order valence-corrected chi connectivity index (χ2v) is 10.3. The van der Waals surface area contributed by atoms with Gasteiger partial charge in [0.2, 0.25) is 5.88 Å². The van der Waals surface area contributed by atoms with Crippen molar-refractivity contribution < 1.29 is 9.84 Å². The highest BCUT2D eigenvalue weighted by Crippen LogP contribution is 2.55. The lowest BCUT2D eigenvalue weighted by Gasteiger charge is -2.48. The molecule has 3 atom stereocenters. The molecule has 0 bridgehead atoms. The van der Waals surface area contributed by atoms with Gasteiger partial charge in [-0.25, -0.2) is 4.98 Å². The fourth-order valence-corrected chi connectivity index (χ4v) is 5.27. The summed E-state index contributed by atoms with van der Waals surface area (Å²) < 4.78 is 6.41. The minimum atomic E-state index is -0.221. The molecule has 0 amide bonds. The van der Waals surface area contributed by atoms with Crippen LogP contribution in [-0.4, -0.2) is 15.7 Å². The topological polar surface area (TPSA) is 42.4 Å². The average Bonchev–Trinajstić information content (AvgIpc) is 2.57. The van der Waals surface area contributed by atoms with E-state index < -0.39 is 0 Å². The molecule has 3 rings (SSSR count). The zero-order valence-electron chi connectivity index (χ0n) is 18.3. The van der Waals surface area contributed by atoms with E-state index in [0.29, 0.717) is 29.4 Å². The van der Waals surface area contributed by atoms with Crippen molar-refractivity contribution in [3.63, 3.8) is 0 Å². The van der Waals surface area contributed by atoms with Gasteiger partial charge < -0.3 is 9.84 Å². The Morgan fingerprint density at radius 1 is 1.22 bits per heavy atom. The van der Waals surface area contributed by atoms with E-state index in [2.05, 4.69) is 41.5 Å². The summed E-state index contributed by atoms with van der Waals surface area (Å²) in [5, 5.41) is 11.0. The van der Waals surface area contributed by atoms with Crippen molar-refractivity contribution in [3.8, 4) is 11.6 Å². The third-order valence-corrected chi connectivity index (χ3v) is 7.09. The van der Waals surface area contributed by atoms with Gasteiger partial charge in [0.15, 0.2) is 0 Å². The summed E-state index contributed by atoms with van der Waals surface area (Å²) in [6, 6.07) is 1.93. The second-order valence-electron chi connectivity index (χ2n) is 10.3. The van der Waals surface area contributed by atoms with Crippen LogP contribution in [0.5, 0.6) is 11.6 Å². The molecule has 152 valence electrons. The van der Waals surface area contributed by atoms with E-state index in [1.165, 1.54) is 38.5 Å². The van der Waals surface area contributed by atoms with Gasteiger partial charge in [-0.05, 0) is 44.9 Å². The molecule has 0 aromatic carbocycles. The van der Waals surface area contributed by atoms with Crippen molar-refractivity contribution in [3.05, 3.63) is 17.3 Å². The first-order valence-electron chi connectivity index (χ1n) is 11.1. The number of unbranched alkanes of at least 4 members (excludes halogenated alkanes) is 3. The van der Waals surface area contributed by atoms with Crippen LogP contribution in [0.3, 0.4) is 0 Å². The molecule has 1 aromatic rings. The fourth-order valence-electron chi connectivity index (χ4n) is 5.27. The number of nitrogens with zero attached hydrogens (tertiary/aromatic N) is 1. The molecule has 1 N–H and O–H groups in total. The van der Waals surface area contributed by atoms with E-state index in [-0.39, 0.29) is 11.0 Å². The first-order valence-corrected chi connectivity index (χ1v) is 11.1. The Hall–Kier alpha value is -1.25. The Morgan fingerprint density at radius 3 is 2.67 bits per heavy atom. The Bertz CT molecular complexity index is 665. The van der Waals surface area contributed by atoms with Crippen LogP contribution in [0.2, 0.25) is 0 Å². The Kier molecular flexibility index (Phi) is 5.80. The summed E-state index contributed by atoms with van der Waals surface area (Å²) in [7, 11) is 0. The summed E-state index contributed by atoms with van der Waals surface area (Å²) in [4.78, 5) is 4.97. The van der Waals surface area contributed by atoms with E-state index in [0.717, 1.165) is 24.1 Å². The lowest BCUT2D eigenvalue weighted by molar-refractivity contribution is -0.0189. The van der Waals surface area contributed by atoms with Crippen LogP contribution >= 0.6 is 0 Å². The summed E-state index contributed by atoms with van der Waals surface area (Å²) in [6.45, 7) is 13.5. The van der Waals surface area contributed by atoms with E-state index in [4.69, 9.17) is 9.72 Å². The zero-order chi connectivity index (χ0) is 19.8. The van der Waals surface area contributed by atoms with Gasteiger partial charge in [0.1, 0.15) is 11.4 Å². The van der Waals surface area contributed by atoms with E-state index in [1.54, 1.807) is 0 Å². The molecular formula is C24H39NO2. The molecular weight excluding hydrogens is 334 g/mol. The number of ether oxygens (including phenoxy) is 1. The maximum absolute atomic E-state index is 11.0. The first-order chi connectivity index (χ1) is 12.7. The molecule has 0 radical (unpaired) electrons. The summed E-state index contributed by atoms with van der Waals surface area (Å²) in [5.41, 5.74) is 1.66. The highest BCUT2D eigenvalue weighted by molar-refractivity contribution is 5.47. The smallest absolute Gasteiger partial charge is 0.221 e. The van der Waals surface area contributed by atoms with Crippen LogP contribution < -0.4 is 4.74 Å². The molecule has 0 spiro atoms. The Balaban J connectivity index is 1.91. The predicted molar refractivity (Wildman–Crippen MR) is 112 cm³/mol. The lowest BCUT2D eigenvalue weighted by Crippen LogP contribution is -2.47. The molecule has 1 fully saturated rings. The average molecular weight is 374 g/mol. The van der Waals surface area contributed by atoms with E-state index >= 15 is 0 Å². The van der Waals surface area contributed by atoms with Gasteiger partial charge in [-0.3, -0.25) is 0 Å². The molecule has 1 aliphatic heterocycles. The highest BCUT2D eigenvalue weighted by atomic mass is 16.5. The summed E-state index contributed by atoms with van der Waals surface area (Å²) in [6.07, 6.45) is 9.64. The zero-order valence-corrected chi connectivity index (χ0v) is 18.3. The number of rotatable bonds is 6. The molecule has 1 saturated carbocycles. The number of aromatic hydroxyl groups is 1. The fraction of sp³-hybridized carbons (Fsp3) is 0.792. The van der Waals surface area contributed by atoms with Crippen LogP contribution in [0.25, 0.3) is 0 Å². The SMILES string of the molecule is CCCCCCC(C)(C)c1cc(O)c2c(n1)OC(C)(C)[C@@H]1CC[C@H](C)C[C@H]21. The van der Waals surface area contributed by atoms with Crippen molar-refractivity contribution in [1.29, 1.82) is 0 Å². The van der Waals surface area contributed by atoms with Crippen molar-refractivity contribution in [1.82, 2.24) is 4.98 Å². The normalized spacial score (nSPS) is 26.8. The van der Waals surface area contributed by atoms with Crippen LogP contribution in [0, 0.1) is 11.8 Å². The maximum atomic E-state index is 11.0. The number of aromatic nitrogens is 1. The second kappa shape index (κ2) is 7.64. The molecule has 2 heterocycles. The van der Waals surface area contributed by atoms with Crippen LogP contribution in [0.1, 0.15) is 110 Å². The van der Waals surface area contributed by atoms with Gasteiger partial charge >= 0.3 is 0 Å². The van der Waals surface area contributed by atoms with Crippen molar-refractivity contribution in [2.45, 2.75) is 110 Å². The third-order valence-electron chi connectivity index (χ3n) is 7.09. The first kappa shape index (κ1) is 20.5. The monoisotopic (exact) mass is 373 g/mol. The van der Waals surface area contributed by atoms with Gasteiger partial charge in [0.25, 0.3) is 0 Å². The molecule has 1 aliphatic carbocycles. The third kappa shape index (κ3) is 4.12. The quantitative estimate of drug-likeness (QED) is 0.562. The van der Waals surface area contributed by atoms with Crippen molar-refractivity contribution >= 4 is 0 Å². The number of hydrogen-bond donors (Lipinski definition) is 1.